The number of hydrogen-bond donors (Lipinski definition) is 2. The molecule has 0 radical (unpaired) electrons. The number of nitriles is 1. The van der Waals surface area contributed by atoms with Gasteiger partial charge in [-0.2, -0.15) is 18.4 Å². The minimum Gasteiger partial charge on any atom is -0.488 e. The molecular weight excluding hydrogens is 530 g/mol. The van der Waals surface area contributed by atoms with E-state index in [0.29, 0.717) is 6.54 Å². The van der Waals surface area contributed by atoms with Crippen LogP contribution in [0.25, 0.3) is 0 Å². The van der Waals surface area contributed by atoms with Crippen molar-refractivity contribution in [2.45, 2.75) is 38.4 Å². The molecule has 0 bridgehead atoms. The Bertz CT molecular complexity index is 1140. The molecule has 1 aliphatic rings. The largest absolute Gasteiger partial charge is 0.488 e. The van der Waals surface area contributed by atoms with Crippen molar-refractivity contribution < 1.29 is 32.5 Å². The van der Waals surface area contributed by atoms with Crippen LogP contribution in [-0.2, 0) is 17.6 Å². The zero-order valence-electron chi connectivity index (χ0n) is 22.0. The summed E-state index contributed by atoms with van der Waals surface area (Å²) in [7, 11) is 2.75. The number of ether oxygens (including phenoxy) is 2. The monoisotopic (exact) mass is 565 g/mol. The second-order valence-corrected chi connectivity index (χ2v) is 9.52. The van der Waals surface area contributed by atoms with E-state index in [0.717, 1.165) is 61.4 Å². The number of hydrogen-bond acceptors (Lipinski definition) is 6. The molecule has 1 aliphatic heterocycles. The molecule has 0 saturated carbocycles. The first-order valence-electron chi connectivity index (χ1n) is 12.6. The van der Waals surface area contributed by atoms with Gasteiger partial charge < -0.3 is 24.8 Å². The number of anilines is 1. The molecule has 2 aromatic rings. The van der Waals surface area contributed by atoms with Crippen molar-refractivity contribution >= 4 is 20.9 Å². The Balaban J connectivity index is 0.000000976. The van der Waals surface area contributed by atoms with Gasteiger partial charge in [0.05, 0.1) is 11.3 Å². The minimum absolute atomic E-state index is 0.0711. The highest BCUT2D eigenvalue weighted by atomic mass is 31.0. The zero-order valence-corrected chi connectivity index (χ0v) is 23.1. The highest BCUT2D eigenvalue weighted by Crippen LogP contribution is 2.33. The molecule has 0 aromatic heterocycles. The number of fused-ring (bicyclic) bond motifs is 1. The van der Waals surface area contributed by atoms with Crippen molar-refractivity contribution in [3.05, 3.63) is 65.7 Å². The number of halogens is 3. The number of carbonyl (C=O) groups is 1. The molecule has 2 N–H and O–H groups in total. The van der Waals surface area contributed by atoms with Crippen LogP contribution < -0.4 is 19.7 Å². The first-order valence-corrected chi connectivity index (χ1v) is 13.4. The predicted octanol–water partition coefficient (Wildman–Crippen LogP) is 4.98. The Morgan fingerprint density at radius 3 is 2.56 bits per heavy atom. The van der Waals surface area contributed by atoms with Gasteiger partial charge in [-0.05, 0) is 61.7 Å². The number of benzene rings is 2. The van der Waals surface area contributed by atoms with Crippen LogP contribution in [0.15, 0.2) is 49.1 Å². The van der Waals surface area contributed by atoms with E-state index in [-0.39, 0.29) is 24.1 Å². The molecule has 0 aliphatic carbocycles. The van der Waals surface area contributed by atoms with E-state index in [9.17, 15) is 23.2 Å². The maximum absolute atomic E-state index is 12.4. The zero-order chi connectivity index (χ0) is 28.8. The summed E-state index contributed by atoms with van der Waals surface area (Å²) in [6.07, 6.45) is 0.280. The van der Waals surface area contributed by atoms with Gasteiger partial charge in [0.25, 0.3) is 0 Å². The predicted molar refractivity (Wildman–Crippen MR) is 149 cm³/mol. The lowest BCUT2D eigenvalue weighted by Crippen LogP contribution is -2.32. The Hall–Kier alpha value is -3.28. The van der Waals surface area contributed by atoms with Crippen LogP contribution in [-0.4, -0.2) is 62.3 Å². The van der Waals surface area contributed by atoms with E-state index >= 15 is 0 Å². The molecule has 0 fully saturated rings. The summed E-state index contributed by atoms with van der Waals surface area (Å²) in [5.74, 6) is -0.628. The number of carboxylic acid groups (broad SMARTS) is 1. The van der Waals surface area contributed by atoms with E-state index in [1.165, 1.54) is 11.6 Å². The molecule has 7 nitrogen and oxygen atoms in total. The molecule has 0 spiro atoms. The second kappa shape index (κ2) is 16.0. The number of carboxylic acids is 1. The molecular formula is C28H35F3N3O4P. The Morgan fingerprint density at radius 1 is 1.31 bits per heavy atom. The van der Waals surface area contributed by atoms with Crippen molar-refractivity contribution in [2.24, 2.45) is 0 Å². The van der Waals surface area contributed by atoms with Crippen molar-refractivity contribution in [2.75, 3.05) is 43.9 Å². The molecule has 11 heteroatoms. The molecule has 3 rings (SSSR count). The second-order valence-electron chi connectivity index (χ2n) is 8.94. The topological polar surface area (TPSA) is 94.8 Å². The van der Waals surface area contributed by atoms with Gasteiger partial charge in [-0.1, -0.05) is 24.8 Å². The van der Waals surface area contributed by atoms with Gasteiger partial charge >= 0.3 is 12.1 Å². The van der Waals surface area contributed by atoms with Crippen molar-refractivity contribution in [1.82, 2.24) is 5.32 Å². The highest BCUT2D eigenvalue weighted by molar-refractivity contribution is 7.16. The average Bonchev–Trinajstić information content (AvgIpc) is 3.31. The van der Waals surface area contributed by atoms with Crippen molar-refractivity contribution in [3.8, 4) is 17.6 Å². The Labute approximate surface area is 229 Å². The molecule has 1 heterocycles. The van der Waals surface area contributed by atoms with E-state index in [1.54, 1.807) is 18.2 Å². The van der Waals surface area contributed by atoms with Crippen LogP contribution in [0.3, 0.4) is 0 Å². The SMILES string of the molecule is C=CC(=O)O.C[C@H](Cc1cc(C#N)c2c(c1)CCN2CCCP)NCCOc1ccccc1OCC(F)(F)F. The van der Waals surface area contributed by atoms with Crippen LogP contribution in [0.1, 0.15) is 30.0 Å². The maximum atomic E-state index is 12.4. The lowest BCUT2D eigenvalue weighted by Gasteiger charge is -2.21. The maximum Gasteiger partial charge on any atom is 0.422 e. The smallest absolute Gasteiger partial charge is 0.422 e. The van der Waals surface area contributed by atoms with Gasteiger partial charge in [0, 0.05) is 31.8 Å². The van der Waals surface area contributed by atoms with Gasteiger partial charge in [0.1, 0.15) is 12.7 Å². The minimum atomic E-state index is -4.40. The summed E-state index contributed by atoms with van der Waals surface area (Å²) in [6, 6.07) is 13.0. The Morgan fingerprint density at radius 2 is 1.97 bits per heavy atom. The third kappa shape index (κ3) is 11.2. The van der Waals surface area contributed by atoms with E-state index in [1.807, 2.05) is 6.07 Å². The average molecular weight is 566 g/mol. The summed E-state index contributed by atoms with van der Waals surface area (Å²) in [5, 5.41) is 20.7. The molecule has 2 atom stereocenters. The van der Waals surface area contributed by atoms with E-state index in [4.69, 9.17) is 14.6 Å². The van der Waals surface area contributed by atoms with Crippen LogP contribution in [0.4, 0.5) is 18.9 Å². The highest BCUT2D eigenvalue weighted by Gasteiger charge is 2.29. The van der Waals surface area contributed by atoms with Crippen LogP contribution in [0.5, 0.6) is 11.5 Å². The summed E-state index contributed by atoms with van der Waals surface area (Å²) in [5.41, 5.74) is 4.18. The first-order chi connectivity index (χ1) is 18.6. The summed E-state index contributed by atoms with van der Waals surface area (Å²) >= 11 is 0. The number of para-hydroxylation sites is 2. The van der Waals surface area contributed by atoms with Gasteiger partial charge in [-0.3, -0.25) is 0 Å². The van der Waals surface area contributed by atoms with Crippen molar-refractivity contribution in [3.63, 3.8) is 0 Å². The lowest BCUT2D eigenvalue weighted by atomic mass is 9.99. The first kappa shape index (κ1) is 31.9. The molecule has 0 amide bonds. The summed E-state index contributed by atoms with van der Waals surface area (Å²) in [6.45, 7) is 6.39. The molecule has 0 saturated heterocycles. The van der Waals surface area contributed by atoms with Crippen LogP contribution in [0, 0.1) is 11.3 Å². The fourth-order valence-corrected chi connectivity index (χ4v) is 4.32. The number of nitrogens with zero attached hydrogens (tertiary/aromatic N) is 2. The number of alkyl halides is 3. The lowest BCUT2D eigenvalue weighted by molar-refractivity contribution is -0.153. The third-order valence-corrected chi connectivity index (χ3v) is 6.19. The molecule has 212 valence electrons. The van der Waals surface area contributed by atoms with E-state index < -0.39 is 18.8 Å². The van der Waals surface area contributed by atoms with E-state index in [2.05, 4.69) is 45.1 Å². The van der Waals surface area contributed by atoms with Gasteiger partial charge in [-0.15, -0.1) is 9.24 Å². The number of rotatable bonds is 13. The fraction of sp³-hybridized carbons (Fsp3) is 0.429. The standard InChI is InChI=1S/C25H31F3N3O2P.C3H4O2/c1-18(30-8-11-32-22-5-2-3-6-23(22)33-17-25(26,27)28)13-19-14-20-7-10-31(9-4-12-34)24(20)21(15-19)16-29;1-2-3(4)5/h2-3,5-6,14-15,18,30H,4,7-13,17,34H2,1H3;2H,1H2,(H,4,5)/t18-;/m1./s1. The van der Waals surface area contributed by atoms with Crippen molar-refractivity contribution in [1.29, 1.82) is 5.26 Å². The molecule has 1 unspecified atom stereocenters. The number of nitrogens with one attached hydrogen (secondary N) is 1. The van der Waals surface area contributed by atoms with Gasteiger partial charge in [0.15, 0.2) is 18.1 Å². The normalized spacial score (nSPS) is 13.0. The molecule has 39 heavy (non-hydrogen) atoms. The fourth-order valence-electron chi connectivity index (χ4n) is 4.14. The quantitative estimate of drug-likeness (QED) is 0.201. The third-order valence-electron chi connectivity index (χ3n) is 5.78. The Kier molecular flexibility index (Phi) is 13.1. The van der Waals surface area contributed by atoms with Gasteiger partial charge in [0.2, 0.25) is 0 Å². The van der Waals surface area contributed by atoms with Gasteiger partial charge in [-0.25, -0.2) is 4.79 Å². The summed E-state index contributed by atoms with van der Waals surface area (Å²) < 4.78 is 47.8. The van der Waals surface area contributed by atoms with Crippen LogP contribution >= 0.6 is 9.24 Å². The molecule has 2 aromatic carbocycles. The number of aliphatic carboxylic acids is 1. The summed E-state index contributed by atoms with van der Waals surface area (Å²) in [4.78, 5) is 11.6. The van der Waals surface area contributed by atoms with Crippen LogP contribution in [0.2, 0.25) is 0 Å².